The molecule has 2 atom stereocenters. The van der Waals surface area contributed by atoms with Crippen LogP contribution in [0.5, 0.6) is 0 Å². The SMILES string of the molecule is CC1OCCC1NCCc1cccc(F)c1. The van der Waals surface area contributed by atoms with E-state index in [2.05, 4.69) is 12.2 Å². The molecule has 1 N–H and O–H groups in total. The standard InChI is InChI=1S/C13H18FNO/c1-10-13(6-8-16-10)15-7-5-11-3-2-4-12(14)9-11/h2-4,9-10,13,15H,5-8H2,1H3. The van der Waals surface area contributed by atoms with E-state index in [1.165, 1.54) is 6.07 Å². The third-order valence-corrected chi connectivity index (χ3v) is 3.09. The van der Waals surface area contributed by atoms with Crippen molar-refractivity contribution < 1.29 is 9.13 Å². The normalized spacial score (nSPS) is 24.9. The summed E-state index contributed by atoms with van der Waals surface area (Å²) in [6, 6.07) is 7.24. The van der Waals surface area contributed by atoms with Crippen LogP contribution in [-0.4, -0.2) is 25.3 Å². The van der Waals surface area contributed by atoms with Crippen molar-refractivity contribution in [2.75, 3.05) is 13.2 Å². The Morgan fingerprint density at radius 3 is 3.06 bits per heavy atom. The van der Waals surface area contributed by atoms with E-state index in [1.54, 1.807) is 12.1 Å². The molecule has 1 saturated heterocycles. The van der Waals surface area contributed by atoms with E-state index in [0.29, 0.717) is 12.1 Å². The lowest BCUT2D eigenvalue weighted by molar-refractivity contribution is 0.113. The zero-order valence-corrected chi connectivity index (χ0v) is 9.58. The molecule has 0 spiro atoms. The Bertz CT molecular complexity index is 342. The Labute approximate surface area is 95.8 Å². The van der Waals surface area contributed by atoms with Gasteiger partial charge in [-0.2, -0.15) is 0 Å². The fourth-order valence-corrected chi connectivity index (χ4v) is 2.09. The Morgan fingerprint density at radius 2 is 2.38 bits per heavy atom. The van der Waals surface area contributed by atoms with Crippen molar-refractivity contribution in [2.24, 2.45) is 0 Å². The first-order valence-electron chi connectivity index (χ1n) is 5.85. The van der Waals surface area contributed by atoms with E-state index in [4.69, 9.17) is 4.74 Å². The van der Waals surface area contributed by atoms with Gasteiger partial charge in [-0.05, 0) is 44.0 Å². The summed E-state index contributed by atoms with van der Waals surface area (Å²) < 4.78 is 18.4. The second-order valence-corrected chi connectivity index (χ2v) is 4.31. The summed E-state index contributed by atoms with van der Waals surface area (Å²) in [5.41, 5.74) is 1.04. The summed E-state index contributed by atoms with van der Waals surface area (Å²) in [5, 5.41) is 3.45. The van der Waals surface area contributed by atoms with E-state index in [0.717, 1.165) is 31.6 Å². The molecule has 0 amide bonds. The molecule has 1 fully saturated rings. The van der Waals surface area contributed by atoms with Gasteiger partial charge in [-0.15, -0.1) is 0 Å². The first-order valence-corrected chi connectivity index (χ1v) is 5.85. The highest BCUT2D eigenvalue weighted by Gasteiger charge is 2.22. The van der Waals surface area contributed by atoms with Crippen LogP contribution in [0.2, 0.25) is 0 Å². The van der Waals surface area contributed by atoms with Crippen LogP contribution >= 0.6 is 0 Å². The van der Waals surface area contributed by atoms with E-state index >= 15 is 0 Å². The van der Waals surface area contributed by atoms with Gasteiger partial charge in [0, 0.05) is 12.6 Å². The molecule has 16 heavy (non-hydrogen) atoms. The Hall–Kier alpha value is -0.930. The highest BCUT2D eigenvalue weighted by Crippen LogP contribution is 2.12. The van der Waals surface area contributed by atoms with Crippen molar-refractivity contribution in [3.63, 3.8) is 0 Å². The number of halogens is 1. The lowest BCUT2D eigenvalue weighted by atomic mass is 10.1. The average molecular weight is 223 g/mol. The molecular weight excluding hydrogens is 205 g/mol. The van der Waals surface area contributed by atoms with Gasteiger partial charge in [-0.25, -0.2) is 4.39 Å². The molecule has 0 bridgehead atoms. The largest absolute Gasteiger partial charge is 0.377 e. The average Bonchev–Trinajstić information content (AvgIpc) is 2.65. The Morgan fingerprint density at radius 1 is 1.50 bits per heavy atom. The minimum absolute atomic E-state index is 0.157. The van der Waals surface area contributed by atoms with Crippen LogP contribution in [0.1, 0.15) is 18.9 Å². The lowest BCUT2D eigenvalue weighted by Gasteiger charge is -2.15. The highest BCUT2D eigenvalue weighted by molar-refractivity contribution is 5.16. The molecule has 0 saturated carbocycles. The molecule has 3 heteroatoms. The van der Waals surface area contributed by atoms with E-state index in [-0.39, 0.29) is 5.82 Å². The van der Waals surface area contributed by atoms with Gasteiger partial charge in [-0.1, -0.05) is 12.1 Å². The summed E-state index contributed by atoms with van der Waals surface area (Å²) >= 11 is 0. The van der Waals surface area contributed by atoms with Crippen molar-refractivity contribution in [3.05, 3.63) is 35.6 Å². The molecule has 1 aromatic carbocycles. The fourth-order valence-electron chi connectivity index (χ4n) is 2.09. The second-order valence-electron chi connectivity index (χ2n) is 4.31. The Balaban J connectivity index is 1.75. The molecule has 2 rings (SSSR count). The maximum absolute atomic E-state index is 12.9. The quantitative estimate of drug-likeness (QED) is 0.844. The molecule has 1 aliphatic rings. The Kier molecular flexibility index (Phi) is 3.91. The van der Waals surface area contributed by atoms with Gasteiger partial charge in [-0.3, -0.25) is 0 Å². The predicted octanol–water partition coefficient (Wildman–Crippen LogP) is 2.14. The second kappa shape index (κ2) is 5.41. The van der Waals surface area contributed by atoms with Crippen LogP contribution in [0, 0.1) is 5.82 Å². The van der Waals surface area contributed by atoms with E-state index in [9.17, 15) is 4.39 Å². The first kappa shape index (κ1) is 11.6. The van der Waals surface area contributed by atoms with Gasteiger partial charge in [0.1, 0.15) is 5.82 Å². The number of hydrogen-bond donors (Lipinski definition) is 1. The van der Waals surface area contributed by atoms with Crippen LogP contribution in [0.25, 0.3) is 0 Å². The molecular formula is C13H18FNO. The minimum atomic E-state index is -0.157. The van der Waals surface area contributed by atoms with Gasteiger partial charge < -0.3 is 10.1 Å². The molecule has 1 aromatic rings. The van der Waals surface area contributed by atoms with Gasteiger partial charge >= 0.3 is 0 Å². The highest BCUT2D eigenvalue weighted by atomic mass is 19.1. The van der Waals surface area contributed by atoms with Gasteiger partial charge in [0.2, 0.25) is 0 Å². The molecule has 2 nitrogen and oxygen atoms in total. The van der Waals surface area contributed by atoms with Gasteiger partial charge in [0.15, 0.2) is 0 Å². The van der Waals surface area contributed by atoms with Crippen LogP contribution in [0.15, 0.2) is 24.3 Å². The topological polar surface area (TPSA) is 21.3 Å². The lowest BCUT2D eigenvalue weighted by Crippen LogP contribution is -2.35. The predicted molar refractivity (Wildman–Crippen MR) is 61.9 cm³/mol. The molecule has 0 radical (unpaired) electrons. The zero-order chi connectivity index (χ0) is 11.4. The summed E-state index contributed by atoms with van der Waals surface area (Å²) in [6.45, 7) is 3.81. The van der Waals surface area contributed by atoms with Crippen molar-refractivity contribution in [1.82, 2.24) is 5.32 Å². The summed E-state index contributed by atoms with van der Waals surface area (Å²) in [7, 11) is 0. The molecule has 1 heterocycles. The zero-order valence-electron chi connectivity index (χ0n) is 9.58. The monoisotopic (exact) mass is 223 g/mol. The molecule has 1 aliphatic heterocycles. The number of rotatable bonds is 4. The van der Waals surface area contributed by atoms with Crippen LogP contribution < -0.4 is 5.32 Å². The first-order chi connectivity index (χ1) is 7.75. The summed E-state index contributed by atoms with van der Waals surface area (Å²) in [5.74, 6) is -0.157. The van der Waals surface area contributed by atoms with Crippen LogP contribution in [0.4, 0.5) is 4.39 Å². The molecule has 88 valence electrons. The smallest absolute Gasteiger partial charge is 0.123 e. The number of ether oxygens (including phenoxy) is 1. The van der Waals surface area contributed by atoms with Crippen molar-refractivity contribution in [2.45, 2.75) is 31.9 Å². The fraction of sp³-hybridized carbons (Fsp3) is 0.538. The van der Waals surface area contributed by atoms with Gasteiger partial charge in [0.25, 0.3) is 0 Å². The maximum atomic E-state index is 12.9. The molecule has 0 aromatic heterocycles. The number of hydrogen-bond acceptors (Lipinski definition) is 2. The number of nitrogens with one attached hydrogen (secondary N) is 1. The van der Waals surface area contributed by atoms with Crippen LogP contribution in [0.3, 0.4) is 0 Å². The summed E-state index contributed by atoms with van der Waals surface area (Å²) in [6.07, 6.45) is 2.23. The molecule has 2 unspecified atom stereocenters. The van der Waals surface area contributed by atoms with E-state index in [1.807, 2.05) is 6.07 Å². The van der Waals surface area contributed by atoms with Crippen LogP contribution in [-0.2, 0) is 11.2 Å². The van der Waals surface area contributed by atoms with Crippen molar-refractivity contribution in [3.8, 4) is 0 Å². The maximum Gasteiger partial charge on any atom is 0.123 e. The van der Waals surface area contributed by atoms with Gasteiger partial charge in [0.05, 0.1) is 6.10 Å². The van der Waals surface area contributed by atoms with Crippen molar-refractivity contribution >= 4 is 0 Å². The minimum Gasteiger partial charge on any atom is -0.377 e. The third kappa shape index (κ3) is 3.03. The van der Waals surface area contributed by atoms with Crippen molar-refractivity contribution in [1.29, 1.82) is 0 Å². The molecule has 0 aliphatic carbocycles. The summed E-state index contributed by atoms with van der Waals surface area (Å²) in [4.78, 5) is 0. The third-order valence-electron chi connectivity index (χ3n) is 3.09. The number of benzene rings is 1. The van der Waals surface area contributed by atoms with E-state index < -0.39 is 0 Å².